The third kappa shape index (κ3) is 5.14. The van der Waals surface area contributed by atoms with Crippen LogP contribution in [-0.4, -0.2) is 27.2 Å². The van der Waals surface area contributed by atoms with E-state index >= 15 is 0 Å². The van der Waals surface area contributed by atoms with E-state index in [2.05, 4.69) is 18.3 Å². The van der Waals surface area contributed by atoms with E-state index in [1.807, 2.05) is 19.9 Å². The lowest BCUT2D eigenvalue weighted by Crippen LogP contribution is -2.13. The van der Waals surface area contributed by atoms with E-state index in [1.165, 1.54) is 5.56 Å². The number of anilines is 1. The maximum absolute atomic E-state index is 12.9. The van der Waals surface area contributed by atoms with Crippen LogP contribution in [0.25, 0.3) is 0 Å². The SMILES string of the molecule is COc1ccc(NC(=O)c2ccc(OC)c(COc3cc(C)cc(C)c3C)c2)c(OC)c1. The molecule has 3 aromatic rings. The topological polar surface area (TPSA) is 66.0 Å². The van der Waals surface area contributed by atoms with Crippen LogP contribution in [0.5, 0.6) is 23.0 Å². The molecule has 6 heteroatoms. The van der Waals surface area contributed by atoms with Gasteiger partial charge < -0.3 is 24.3 Å². The van der Waals surface area contributed by atoms with Crippen LogP contribution in [0.4, 0.5) is 5.69 Å². The second-order valence-corrected chi connectivity index (χ2v) is 7.54. The Labute approximate surface area is 189 Å². The molecule has 3 rings (SSSR count). The molecule has 0 unspecified atom stereocenters. The van der Waals surface area contributed by atoms with Gasteiger partial charge in [-0.25, -0.2) is 0 Å². The molecule has 0 bridgehead atoms. The van der Waals surface area contributed by atoms with Crippen molar-refractivity contribution in [2.45, 2.75) is 27.4 Å². The van der Waals surface area contributed by atoms with Gasteiger partial charge >= 0.3 is 0 Å². The largest absolute Gasteiger partial charge is 0.497 e. The summed E-state index contributed by atoms with van der Waals surface area (Å²) >= 11 is 0. The zero-order valence-electron chi connectivity index (χ0n) is 19.4. The highest BCUT2D eigenvalue weighted by molar-refractivity contribution is 6.05. The highest BCUT2D eigenvalue weighted by atomic mass is 16.5. The van der Waals surface area contributed by atoms with Crippen LogP contribution in [0.3, 0.4) is 0 Å². The third-order valence-corrected chi connectivity index (χ3v) is 5.35. The van der Waals surface area contributed by atoms with Crippen molar-refractivity contribution in [1.82, 2.24) is 0 Å². The van der Waals surface area contributed by atoms with E-state index < -0.39 is 0 Å². The summed E-state index contributed by atoms with van der Waals surface area (Å²) in [6.45, 7) is 6.42. The minimum absolute atomic E-state index is 0.264. The Morgan fingerprint density at radius 1 is 0.812 bits per heavy atom. The van der Waals surface area contributed by atoms with Gasteiger partial charge in [-0.05, 0) is 73.9 Å². The summed E-state index contributed by atoms with van der Waals surface area (Å²) in [5, 5.41) is 2.89. The predicted molar refractivity (Wildman–Crippen MR) is 125 cm³/mol. The first-order valence-electron chi connectivity index (χ1n) is 10.3. The minimum Gasteiger partial charge on any atom is -0.497 e. The fraction of sp³-hybridized carbons (Fsp3) is 0.269. The number of carbonyl (C=O) groups excluding carboxylic acids is 1. The first kappa shape index (κ1) is 23.0. The number of carbonyl (C=O) groups is 1. The summed E-state index contributed by atoms with van der Waals surface area (Å²) in [7, 11) is 4.72. The minimum atomic E-state index is -0.264. The van der Waals surface area contributed by atoms with Gasteiger partial charge in [0.15, 0.2) is 0 Å². The first-order chi connectivity index (χ1) is 15.4. The van der Waals surface area contributed by atoms with Crippen LogP contribution in [-0.2, 0) is 6.61 Å². The molecule has 6 nitrogen and oxygen atoms in total. The van der Waals surface area contributed by atoms with E-state index in [1.54, 1.807) is 57.7 Å². The van der Waals surface area contributed by atoms with Crippen molar-refractivity contribution in [3.8, 4) is 23.0 Å². The summed E-state index contributed by atoms with van der Waals surface area (Å²) in [6, 6.07) is 14.6. The van der Waals surface area contributed by atoms with Crippen LogP contribution >= 0.6 is 0 Å². The van der Waals surface area contributed by atoms with Gasteiger partial charge in [0.25, 0.3) is 5.91 Å². The summed E-state index contributed by atoms with van der Waals surface area (Å²) in [6.07, 6.45) is 0. The fourth-order valence-corrected chi connectivity index (χ4v) is 3.44. The van der Waals surface area contributed by atoms with Crippen LogP contribution < -0.4 is 24.3 Å². The molecule has 0 spiro atoms. The number of methoxy groups -OCH3 is 3. The molecule has 0 aliphatic rings. The Kier molecular flexibility index (Phi) is 7.25. The molecule has 0 heterocycles. The molecule has 0 radical (unpaired) electrons. The molecule has 0 aromatic heterocycles. The zero-order chi connectivity index (χ0) is 23.3. The van der Waals surface area contributed by atoms with E-state index in [0.29, 0.717) is 28.5 Å². The van der Waals surface area contributed by atoms with Crippen LogP contribution in [0.1, 0.15) is 32.6 Å². The number of hydrogen-bond donors (Lipinski definition) is 1. The van der Waals surface area contributed by atoms with Gasteiger partial charge in [-0.2, -0.15) is 0 Å². The number of nitrogens with one attached hydrogen (secondary N) is 1. The van der Waals surface area contributed by atoms with Gasteiger partial charge in [-0.1, -0.05) is 6.07 Å². The van der Waals surface area contributed by atoms with Gasteiger partial charge in [-0.15, -0.1) is 0 Å². The Hall–Kier alpha value is -3.67. The Morgan fingerprint density at radius 2 is 1.56 bits per heavy atom. The van der Waals surface area contributed by atoms with E-state index in [4.69, 9.17) is 18.9 Å². The summed E-state index contributed by atoms with van der Waals surface area (Å²) < 4.78 is 22.2. The highest BCUT2D eigenvalue weighted by Gasteiger charge is 2.14. The Bertz CT molecular complexity index is 1120. The normalized spacial score (nSPS) is 10.4. The quantitative estimate of drug-likeness (QED) is 0.508. The van der Waals surface area contributed by atoms with Crippen molar-refractivity contribution < 1.29 is 23.7 Å². The zero-order valence-corrected chi connectivity index (χ0v) is 19.4. The maximum atomic E-state index is 12.9. The molecular formula is C26H29NO5. The van der Waals surface area contributed by atoms with Gasteiger partial charge in [0.1, 0.15) is 29.6 Å². The van der Waals surface area contributed by atoms with Gasteiger partial charge in [0, 0.05) is 17.2 Å². The number of hydrogen-bond acceptors (Lipinski definition) is 5. The Morgan fingerprint density at radius 3 is 2.25 bits per heavy atom. The van der Waals surface area contributed by atoms with E-state index in [9.17, 15) is 4.79 Å². The summed E-state index contributed by atoms with van der Waals surface area (Å²) in [5.74, 6) is 2.37. The second-order valence-electron chi connectivity index (χ2n) is 7.54. The highest BCUT2D eigenvalue weighted by Crippen LogP contribution is 2.30. The number of rotatable bonds is 8. The molecule has 0 aliphatic heterocycles. The summed E-state index contributed by atoms with van der Waals surface area (Å²) in [4.78, 5) is 12.9. The van der Waals surface area contributed by atoms with Crippen molar-refractivity contribution in [3.05, 3.63) is 76.3 Å². The second kappa shape index (κ2) is 10.1. The number of benzene rings is 3. The maximum Gasteiger partial charge on any atom is 0.255 e. The number of ether oxygens (including phenoxy) is 4. The van der Waals surface area contributed by atoms with Crippen LogP contribution in [0.15, 0.2) is 48.5 Å². The third-order valence-electron chi connectivity index (χ3n) is 5.35. The van der Waals surface area contributed by atoms with E-state index in [0.717, 1.165) is 22.4 Å². The molecule has 1 N–H and O–H groups in total. The lowest BCUT2D eigenvalue weighted by Gasteiger charge is -2.15. The van der Waals surface area contributed by atoms with Crippen molar-refractivity contribution >= 4 is 11.6 Å². The monoisotopic (exact) mass is 435 g/mol. The standard InChI is InChI=1S/C26H29NO5/c1-16-11-17(2)18(3)24(12-16)32-15-20-13-19(7-10-23(20)30-5)26(28)27-22-9-8-21(29-4)14-25(22)31-6/h7-14H,15H2,1-6H3,(H,27,28). The average Bonchev–Trinajstić information content (AvgIpc) is 2.80. The molecule has 32 heavy (non-hydrogen) atoms. The van der Waals surface area contributed by atoms with Crippen LogP contribution in [0.2, 0.25) is 0 Å². The van der Waals surface area contributed by atoms with Gasteiger partial charge in [0.05, 0.1) is 27.0 Å². The number of aryl methyl sites for hydroxylation is 2. The number of amides is 1. The van der Waals surface area contributed by atoms with Crippen molar-refractivity contribution in [2.75, 3.05) is 26.6 Å². The molecule has 0 aliphatic carbocycles. The van der Waals surface area contributed by atoms with Crippen LogP contribution in [0, 0.1) is 20.8 Å². The smallest absolute Gasteiger partial charge is 0.255 e. The van der Waals surface area contributed by atoms with Gasteiger partial charge in [0.2, 0.25) is 0 Å². The molecule has 1 amide bonds. The average molecular weight is 436 g/mol. The fourth-order valence-electron chi connectivity index (χ4n) is 3.44. The van der Waals surface area contributed by atoms with Crippen molar-refractivity contribution in [1.29, 1.82) is 0 Å². The summed E-state index contributed by atoms with van der Waals surface area (Å²) in [5.41, 5.74) is 5.22. The first-order valence-corrected chi connectivity index (χ1v) is 10.3. The molecule has 0 atom stereocenters. The van der Waals surface area contributed by atoms with E-state index in [-0.39, 0.29) is 12.5 Å². The Balaban J connectivity index is 1.82. The van der Waals surface area contributed by atoms with Crippen molar-refractivity contribution in [2.24, 2.45) is 0 Å². The molecule has 0 saturated heterocycles. The molecule has 3 aromatic carbocycles. The predicted octanol–water partition coefficient (Wildman–Crippen LogP) is 5.47. The molecule has 168 valence electrons. The lowest BCUT2D eigenvalue weighted by molar-refractivity contribution is 0.102. The molecule has 0 fully saturated rings. The molecular weight excluding hydrogens is 406 g/mol. The molecule has 0 saturated carbocycles. The van der Waals surface area contributed by atoms with Crippen molar-refractivity contribution in [3.63, 3.8) is 0 Å². The lowest BCUT2D eigenvalue weighted by atomic mass is 10.1. The van der Waals surface area contributed by atoms with Gasteiger partial charge in [-0.3, -0.25) is 4.79 Å².